The fourth-order valence-corrected chi connectivity index (χ4v) is 3.84. The van der Waals surface area contributed by atoms with Gasteiger partial charge >= 0.3 is 0 Å². The molecule has 0 atom stereocenters. The van der Waals surface area contributed by atoms with Gasteiger partial charge in [-0.2, -0.15) is 0 Å². The van der Waals surface area contributed by atoms with Crippen LogP contribution in [0.3, 0.4) is 0 Å². The van der Waals surface area contributed by atoms with E-state index >= 15 is 0 Å². The van der Waals surface area contributed by atoms with Gasteiger partial charge in [0.25, 0.3) is 0 Å². The van der Waals surface area contributed by atoms with Crippen LogP contribution in [0.15, 0.2) is 0 Å². The van der Waals surface area contributed by atoms with Gasteiger partial charge in [-0.25, -0.2) is 8.42 Å². The molecule has 0 amide bonds. The summed E-state index contributed by atoms with van der Waals surface area (Å²) < 4.78 is 28.7. The van der Waals surface area contributed by atoms with Crippen molar-refractivity contribution in [3.63, 3.8) is 0 Å². The van der Waals surface area contributed by atoms with E-state index in [2.05, 4.69) is 4.90 Å². The molecule has 0 aromatic heterocycles. The van der Waals surface area contributed by atoms with Crippen LogP contribution in [0.5, 0.6) is 0 Å². The van der Waals surface area contributed by atoms with Crippen LogP contribution in [0.4, 0.5) is 0 Å². The average molecular weight is 334 g/mol. The van der Waals surface area contributed by atoms with Gasteiger partial charge in [-0.05, 0) is 33.2 Å². The Hall–Kier alpha value is -0.130. The maximum atomic E-state index is 11.7. The molecule has 1 fully saturated rings. The van der Waals surface area contributed by atoms with Crippen molar-refractivity contribution in [1.82, 2.24) is 4.90 Å². The Morgan fingerprint density at radius 2 is 1.36 bits per heavy atom. The molecule has 0 spiro atoms. The summed E-state index contributed by atoms with van der Waals surface area (Å²) in [5, 5.41) is -0.223. The summed E-state index contributed by atoms with van der Waals surface area (Å²) in [5.41, 5.74) is 0. The first-order valence-electron chi connectivity index (χ1n) is 9.04. The molecule has 0 aromatic carbocycles. The van der Waals surface area contributed by atoms with Crippen LogP contribution < -0.4 is 0 Å². The molecule has 0 saturated carbocycles. The molecule has 1 aliphatic rings. The third kappa shape index (κ3) is 9.11. The Kier molecular flexibility index (Phi) is 10.3. The molecule has 5 heteroatoms. The van der Waals surface area contributed by atoms with E-state index in [1.54, 1.807) is 13.8 Å². The minimum Gasteiger partial charge on any atom is -0.379 e. The van der Waals surface area contributed by atoms with Crippen molar-refractivity contribution in [3.8, 4) is 0 Å². The van der Waals surface area contributed by atoms with Crippen LogP contribution in [0.25, 0.3) is 0 Å². The summed E-state index contributed by atoms with van der Waals surface area (Å²) in [4.78, 5) is 2.50. The minimum absolute atomic E-state index is 0.223. The number of hydrogen-bond donors (Lipinski definition) is 0. The van der Waals surface area contributed by atoms with Crippen molar-refractivity contribution >= 4 is 9.84 Å². The average Bonchev–Trinajstić information content (AvgIpc) is 2.50. The highest BCUT2D eigenvalue weighted by Crippen LogP contribution is 2.11. The molecule has 1 aliphatic heterocycles. The molecule has 132 valence electrons. The first kappa shape index (κ1) is 19.9. The van der Waals surface area contributed by atoms with Gasteiger partial charge in [-0.3, -0.25) is 4.90 Å². The number of hydrogen-bond acceptors (Lipinski definition) is 4. The predicted octanol–water partition coefficient (Wildman–Crippen LogP) is 3.26. The second kappa shape index (κ2) is 11.4. The normalized spacial score (nSPS) is 17.2. The molecule has 0 unspecified atom stereocenters. The van der Waals surface area contributed by atoms with Crippen molar-refractivity contribution in [2.24, 2.45) is 0 Å². The van der Waals surface area contributed by atoms with Gasteiger partial charge < -0.3 is 4.74 Å². The fourth-order valence-electron chi connectivity index (χ4n) is 2.76. The van der Waals surface area contributed by atoms with Crippen LogP contribution in [-0.2, 0) is 14.6 Å². The van der Waals surface area contributed by atoms with Gasteiger partial charge in [0.2, 0.25) is 0 Å². The predicted molar refractivity (Wildman–Crippen MR) is 93.1 cm³/mol. The van der Waals surface area contributed by atoms with Gasteiger partial charge in [0, 0.05) is 13.1 Å². The first-order chi connectivity index (χ1) is 10.5. The lowest BCUT2D eigenvalue weighted by Gasteiger charge is -2.26. The van der Waals surface area contributed by atoms with Crippen molar-refractivity contribution in [3.05, 3.63) is 0 Å². The lowest BCUT2D eigenvalue weighted by Crippen LogP contribution is -2.36. The van der Waals surface area contributed by atoms with Crippen LogP contribution in [0.1, 0.15) is 65.2 Å². The van der Waals surface area contributed by atoms with E-state index in [-0.39, 0.29) is 5.25 Å². The van der Waals surface area contributed by atoms with Crippen molar-refractivity contribution in [2.75, 3.05) is 38.6 Å². The summed E-state index contributed by atoms with van der Waals surface area (Å²) in [6, 6.07) is 0. The molecule has 0 aliphatic carbocycles. The Balaban J connectivity index is 1.83. The van der Waals surface area contributed by atoms with Gasteiger partial charge in [-0.1, -0.05) is 38.5 Å². The van der Waals surface area contributed by atoms with E-state index in [1.165, 1.54) is 45.1 Å². The lowest BCUT2D eigenvalue weighted by molar-refractivity contribution is 0.0371. The number of morpholine rings is 1. The van der Waals surface area contributed by atoms with Gasteiger partial charge in [0.05, 0.1) is 24.2 Å². The highest BCUT2D eigenvalue weighted by atomic mass is 32.2. The number of unbranched alkanes of at least 4 members (excludes halogenated alkanes) is 7. The van der Waals surface area contributed by atoms with E-state index in [1.807, 2.05) is 0 Å². The molecule has 4 nitrogen and oxygen atoms in total. The maximum Gasteiger partial charge on any atom is 0.152 e. The zero-order valence-electron chi connectivity index (χ0n) is 14.6. The molecule has 1 heterocycles. The van der Waals surface area contributed by atoms with E-state index in [0.29, 0.717) is 5.75 Å². The van der Waals surface area contributed by atoms with Crippen LogP contribution in [0.2, 0.25) is 0 Å². The number of nitrogens with zero attached hydrogens (tertiary/aromatic N) is 1. The quantitative estimate of drug-likeness (QED) is 0.514. The summed E-state index contributed by atoms with van der Waals surface area (Å²) in [7, 11) is -2.83. The van der Waals surface area contributed by atoms with E-state index in [4.69, 9.17) is 4.74 Å². The fraction of sp³-hybridized carbons (Fsp3) is 1.00. The molecule has 1 rings (SSSR count). The zero-order chi connectivity index (χ0) is 16.3. The second-order valence-corrected chi connectivity index (χ2v) is 9.37. The highest BCUT2D eigenvalue weighted by molar-refractivity contribution is 7.91. The molecule has 22 heavy (non-hydrogen) atoms. The lowest BCUT2D eigenvalue weighted by atomic mass is 10.1. The molecule has 0 N–H and O–H groups in total. The van der Waals surface area contributed by atoms with Gasteiger partial charge in [-0.15, -0.1) is 0 Å². The monoisotopic (exact) mass is 333 g/mol. The van der Waals surface area contributed by atoms with E-state index in [0.717, 1.165) is 39.1 Å². The Morgan fingerprint density at radius 1 is 0.864 bits per heavy atom. The van der Waals surface area contributed by atoms with Crippen LogP contribution in [-0.4, -0.2) is 57.2 Å². The summed E-state index contributed by atoms with van der Waals surface area (Å²) in [6.45, 7) is 8.74. The third-order valence-electron chi connectivity index (χ3n) is 4.48. The number of sulfone groups is 1. The topological polar surface area (TPSA) is 46.6 Å². The minimum atomic E-state index is -2.83. The molecular formula is C17H35NO3S. The largest absolute Gasteiger partial charge is 0.379 e. The number of rotatable bonds is 12. The van der Waals surface area contributed by atoms with Crippen LogP contribution in [0, 0.1) is 0 Å². The molecular weight excluding hydrogens is 298 g/mol. The first-order valence-corrected chi connectivity index (χ1v) is 10.8. The van der Waals surface area contributed by atoms with Crippen molar-refractivity contribution in [2.45, 2.75) is 70.5 Å². The standard InChI is InChI=1S/C17H35NO3S/c1-17(2)22(19,20)16-10-8-6-4-3-5-7-9-11-18-12-14-21-15-13-18/h17H,3-16H2,1-2H3. The molecule has 1 saturated heterocycles. The molecule has 0 radical (unpaired) electrons. The summed E-state index contributed by atoms with van der Waals surface area (Å²) >= 11 is 0. The molecule has 0 aromatic rings. The maximum absolute atomic E-state index is 11.7. The van der Waals surface area contributed by atoms with Gasteiger partial charge in [0.15, 0.2) is 9.84 Å². The van der Waals surface area contributed by atoms with Crippen LogP contribution >= 0.6 is 0 Å². The van der Waals surface area contributed by atoms with Crippen molar-refractivity contribution < 1.29 is 13.2 Å². The Bertz CT molecular complexity index is 362. The van der Waals surface area contributed by atoms with Crippen molar-refractivity contribution in [1.29, 1.82) is 0 Å². The van der Waals surface area contributed by atoms with Gasteiger partial charge in [0.1, 0.15) is 0 Å². The van der Waals surface area contributed by atoms with E-state index < -0.39 is 9.84 Å². The molecule has 0 bridgehead atoms. The number of ether oxygens (including phenoxy) is 1. The Morgan fingerprint density at radius 3 is 1.91 bits per heavy atom. The summed E-state index contributed by atoms with van der Waals surface area (Å²) in [6.07, 6.45) is 9.54. The zero-order valence-corrected chi connectivity index (χ0v) is 15.4. The summed E-state index contributed by atoms with van der Waals surface area (Å²) in [5.74, 6) is 0.365. The smallest absolute Gasteiger partial charge is 0.152 e. The SMILES string of the molecule is CC(C)S(=O)(=O)CCCCCCCCCCN1CCOCC1. The third-order valence-corrected chi connectivity index (χ3v) is 6.77. The Labute approximate surface area is 137 Å². The second-order valence-electron chi connectivity index (χ2n) is 6.70. The van der Waals surface area contributed by atoms with E-state index in [9.17, 15) is 8.42 Å². The highest BCUT2D eigenvalue weighted by Gasteiger charge is 2.14.